The Bertz CT molecular complexity index is 3530. The first-order chi connectivity index (χ1) is 41.7. The molecule has 3 aromatic rings. The summed E-state index contributed by atoms with van der Waals surface area (Å²) in [6.07, 6.45) is 6.16. The maximum Gasteiger partial charge on any atom is 0.350 e. The first kappa shape index (κ1) is 64.7. The molecule has 3 aliphatic carbocycles. The van der Waals surface area contributed by atoms with Crippen LogP contribution >= 0.6 is 0 Å². The van der Waals surface area contributed by atoms with Crippen molar-refractivity contribution < 1.29 is 53.8 Å². The Morgan fingerprint density at radius 1 is 0.409 bits per heavy atom. The van der Waals surface area contributed by atoms with E-state index in [1.807, 2.05) is 56.2 Å². The van der Waals surface area contributed by atoms with Crippen molar-refractivity contribution in [3.63, 3.8) is 0 Å². The number of ether oxygens (including phenoxy) is 3. The molecule has 0 bridgehead atoms. The van der Waals surface area contributed by atoms with Crippen molar-refractivity contribution in [1.29, 1.82) is 15.8 Å². The quantitative estimate of drug-likeness (QED) is 0.0651. The molecule has 3 aromatic carbocycles. The highest BCUT2D eigenvalue weighted by atomic mass is 32.2. The van der Waals surface area contributed by atoms with Crippen LogP contribution in [-0.2, 0) is 58.1 Å². The summed E-state index contributed by atoms with van der Waals surface area (Å²) in [5.41, 5.74) is -0.372. The predicted molar refractivity (Wildman–Crippen MR) is 328 cm³/mol. The molecule has 0 radical (unpaired) electrons. The average molecular weight is 1250 g/mol. The van der Waals surface area contributed by atoms with Gasteiger partial charge < -0.3 is 28.9 Å². The summed E-state index contributed by atoms with van der Waals surface area (Å²) >= 11 is 0. The third-order valence-electron chi connectivity index (χ3n) is 17.2. The molecular formula is C67H76N6O12S3. The van der Waals surface area contributed by atoms with Gasteiger partial charge in [-0.3, -0.25) is 0 Å². The van der Waals surface area contributed by atoms with Crippen molar-refractivity contribution in [2.45, 2.75) is 133 Å². The molecule has 0 unspecified atom stereocenters. The second-order valence-corrected chi connectivity index (χ2v) is 31.6. The van der Waals surface area contributed by atoms with Crippen LogP contribution in [0.4, 0.5) is 0 Å². The third kappa shape index (κ3) is 13.7. The number of nitriles is 3. The molecule has 0 spiro atoms. The molecule has 21 heteroatoms. The van der Waals surface area contributed by atoms with E-state index >= 15 is 39.6 Å². The lowest BCUT2D eigenvalue weighted by atomic mass is 9.73. The van der Waals surface area contributed by atoms with Crippen LogP contribution in [0.3, 0.4) is 0 Å². The Labute approximate surface area is 517 Å². The third-order valence-corrected chi connectivity index (χ3v) is 22.7. The van der Waals surface area contributed by atoms with E-state index in [1.54, 1.807) is 18.2 Å². The Hall–Kier alpha value is -7.77. The lowest BCUT2D eigenvalue weighted by Gasteiger charge is -2.37. The largest absolute Gasteiger partial charge is 0.461 e. The van der Waals surface area contributed by atoms with E-state index in [9.17, 15) is 15.8 Å². The normalized spacial score (nSPS) is 21.3. The number of carbonyl (C=O) groups is 3. The average Bonchev–Trinajstić information content (AvgIpc) is 1.10. The van der Waals surface area contributed by atoms with Gasteiger partial charge >= 0.3 is 17.9 Å². The zero-order valence-electron chi connectivity index (χ0n) is 50.9. The molecule has 18 nitrogen and oxygen atoms in total. The van der Waals surface area contributed by atoms with Gasteiger partial charge in [0.2, 0.25) is 29.5 Å². The monoisotopic (exact) mass is 1250 g/mol. The van der Waals surface area contributed by atoms with Gasteiger partial charge in [0.1, 0.15) is 38.0 Å². The molecule has 464 valence electrons. The molecule has 0 saturated carbocycles. The highest BCUT2D eigenvalue weighted by molar-refractivity contribution is 7.97. The number of esters is 3. The Morgan fingerprint density at radius 3 is 0.852 bits per heavy atom. The van der Waals surface area contributed by atoms with Crippen LogP contribution in [0.5, 0.6) is 0 Å². The molecule has 0 amide bonds. The van der Waals surface area contributed by atoms with Gasteiger partial charge in [-0.2, -0.15) is 15.8 Å². The maximum atomic E-state index is 15.2. The van der Waals surface area contributed by atoms with Gasteiger partial charge in [-0.1, -0.05) is 96.1 Å². The molecule has 0 atom stereocenters. The van der Waals surface area contributed by atoms with Gasteiger partial charge in [-0.25, -0.2) is 39.6 Å². The van der Waals surface area contributed by atoms with E-state index in [0.29, 0.717) is 75.6 Å². The first-order valence-electron chi connectivity index (χ1n) is 30.0. The van der Waals surface area contributed by atoms with Crippen LogP contribution in [-0.4, -0.2) is 117 Å². The Morgan fingerprint density at radius 2 is 0.636 bits per heavy atom. The summed E-state index contributed by atoms with van der Waals surface area (Å²) in [6.45, 7) is 12.4. The topological polar surface area (TPSA) is 262 Å². The van der Waals surface area contributed by atoms with E-state index in [1.165, 1.54) is 72.8 Å². The summed E-state index contributed by atoms with van der Waals surface area (Å²) in [6, 6.07) is 28.2. The number of likely N-dealkylation sites (tertiary alicyclic amines) is 3. The Kier molecular flexibility index (Phi) is 19.2. The number of hydrogen-bond donors (Lipinski definition) is 0. The minimum atomic E-state index is -4.81. The number of sulfone groups is 3. The first-order valence-corrected chi connectivity index (χ1v) is 34.5. The summed E-state index contributed by atoms with van der Waals surface area (Å²) in [7, 11) is -14.4. The fourth-order valence-corrected chi connectivity index (χ4v) is 17.6. The number of hydrogen-bond acceptors (Lipinski definition) is 18. The molecule has 0 aromatic heterocycles. The van der Waals surface area contributed by atoms with Crippen molar-refractivity contribution in [1.82, 2.24) is 14.7 Å². The van der Waals surface area contributed by atoms with Crippen molar-refractivity contribution in [2.75, 3.05) is 59.1 Å². The minimum absolute atomic E-state index is 0.0154. The molecule has 6 aliphatic rings. The van der Waals surface area contributed by atoms with Gasteiger partial charge in [0.25, 0.3) is 0 Å². The Balaban J connectivity index is 1.17. The zero-order valence-corrected chi connectivity index (χ0v) is 53.3. The fourth-order valence-electron chi connectivity index (χ4n) is 13.0. The standard InChI is InChI=1S/C67H76N6O12S3/c1-65(2)34-50(53(40-68)56(37-65)71-28-16-17-29-71)59(86(77,78)47-22-10-7-11-23-47)62(74)83-43-46(44-84-63(75)60(87(79,80)48-24-12-8-13-25-48)51-35-66(3,4)38-57(54(51)41-69)72-30-18-19-31-72)45-85-64(76)61(88(81,82)49-26-14-9-15-27-49)52-36-67(5,6)39-58(55(52)42-70)73-32-20-21-33-73/h7-15,22-27,46H,16-21,28-39,43-45H2,1-6H3/b59-50-,60-51-,61-52-. The van der Waals surface area contributed by atoms with E-state index in [-0.39, 0.29) is 67.4 Å². The van der Waals surface area contributed by atoms with E-state index in [0.717, 1.165) is 38.5 Å². The van der Waals surface area contributed by atoms with Crippen molar-refractivity contribution in [3.05, 3.63) is 156 Å². The molecule has 9 rings (SSSR count). The molecule has 3 aliphatic heterocycles. The fraction of sp³-hybridized carbons (Fsp3) is 0.463. The van der Waals surface area contributed by atoms with Gasteiger partial charge in [-0.05, 0) is 146 Å². The number of nitrogens with zero attached hydrogens (tertiary/aromatic N) is 6. The van der Waals surface area contributed by atoms with Crippen LogP contribution in [0.25, 0.3) is 0 Å². The van der Waals surface area contributed by atoms with Crippen molar-refractivity contribution in [2.24, 2.45) is 22.2 Å². The summed E-state index contributed by atoms with van der Waals surface area (Å²) in [4.78, 5) is 48.5. The van der Waals surface area contributed by atoms with Crippen LogP contribution < -0.4 is 0 Å². The van der Waals surface area contributed by atoms with E-state index in [2.05, 4.69) is 18.2 Å². The molecule has 88 heavy (non-hydrogen) atoms. The number of allylic oxidation sites excluding steroid dienone is 9. The highest BCUT2D eigenvalue weighted by Crippen LogP contribution is 2.49. The van der Waals surface area contributed by atoms with Crippen LogP contribution in [0, 0.1) is 56.2 Å². The van der Waals surface area contributed by atoms with Crippen molar-refractivity contribution in [3.8, 4) is 18.2 Å². The van der Waals surface area contributed by atoms with Gasteiger partial charge in [0.15, 0.2) is 14.7 Å². The summed E-state index contributed by atoms with van der Waals surface area (Å²) in [5.74, 6) is -5.71. The van der Waals surface area contributed by atoms with Crippen LogP contribution in [0.2, 0.25) is 0 Å². The lowest BCUT2D eigenvalue weighted by molar-refractivity contribution is -0.147. The maximum absolute atomic E-state index is 15.2. The molecule has 0 N–H and O–H groups in total. The van der Waals surface area contributed by atoms with E-state index < -0.39 is 104 Å². The molecule has 3 heterocycles. The summed E-state index contributed by atoms with van der Waals surface area (Å²) < 4.78 is 109. The highest BCUT2D eigenvalue weighted by Gasteiger charge is 2.45. The van der Waals surface area contributed by atoms with Crippen LogP contribution in [0.15, 0.2) is 171 Å². The van der Waals surface area contributed by atoms with Crippen LogP contribution in [0.1, 0.15) is 119 Å². The van der Waals surface area contributed by atoms with E-state index in [4.69, 9.17) is 14.2 Å². The summed E-state index contributed by atoms with van der Waals surface area (Å²) in [5, 5.41) is 32.8. The number of rotatable bonds is 18. The molecular weight excluding hydrogens is 1180 g/mol. The SMILES string of the molecule is CC1(C)CC(N2CCCC2)=C(C#N)/C(=C(/C(=O)OCC(COC(=O)/C(=C2\CC(C)(C)CC(N3CCCC3)=C2C#N)S(=O)(=O)c2ccccc2)COC(=O)/C(=C2\CC(C)(C)CC(N3CCCC3)=C2C#N)S(=O)(=O)c2ccccc2)S(=O)(=O)c2ccccc2)C1. The zero-order chi connectivity index (χ0) is 63.4. The number of carbonyl (C=O) groups excluding carboxylic acids is 3. The predicted octanol–water partition coefficient (Wildman–Crippen LogP) is 10.5. The molecule has 3 fully saturated rings. The van der Waals surface area contributed by atoms with Gasteiger partial charge in [-0.15, -0.1) is 0 Å². The second-order valence-electron chi connectivity index (χ2n) is 26.0. The van der Waals surface area contributed by atoms with Gasteiger partial charge in [0.05, 0.1) is 37.3 Å². The number of benzene rings is 3. The molecule has 3 saturated heterocycles. The lowest BCUT2D eigenvalue weighted by Crippen LogP contribution is -2.34. The second kappa shape index (κ2) is 26.1. The smallest absolute Gasteiger partial charge is 0.350 e. The minimum Gasteiger partial charge on any atom is -0.461 e. The van der Waals surface area contributed by atoms with Gasteiger partial charge in [0, 0.05) is 56.4 Å². The van der Waals surface area contributed by atoms with Crippen molar-refractivity contribution >= 4 is 47.4 Å².